The Bertz CT molecular complexity index is 1370. The Morgan fingerprint density at radius 3 is 2.80 bits per heavy atom. The van der Waals surface area contributed by atoms with Crippen LogP contribution in [0.3, 0.4) is 0 Å². The van der Waals surface area contributed by atoms with Crippen molar-refractivity contribution in [3.05, 3.63) is 71.6 Å². The van der Waals surface area contributed by atoms with E-state index in [9.17, 15) is 0 Å². The predicted molar refractivity (Wildman–Crippen MR) is 128 cm³/mol. The highest BCUT2D eigenvalue weighted by molar-refractivity contribution is 5.70. The molecule has 0 saturated heterocycles. The van der Waals surface area contributed by atoms with Gasteiger partial charge in [-0.1, -0.05) is 0 Å². The fraction of sp³-hybridized carbons (Fsp3) is 0.227. The Morgan fingerprint density at radius 1 is 1.14 bits per heavy atom. The van der Waals surface area contributed by atoms with Gasteiger partial charge in [0.15, 0.2) is 5.82 Å². The summed E-state index contributed by atoms with van der Waals surface area (Å²) in [5, 5.41) is 34.1. The molecular weight excluding hydrogens is 450 g/mol. The van der Waals surface area contributed by atoms with Crippen molar-refractivity contribution in [1.82, 2.24) is 40.1 Å². The average molecular weight is 476 g/mol. The maximum absolute atomic E-state index is 8.39. The summed E-state index contributed by atoms with van der Waals surface area (Å²) in [7, 11) is 1.61. The number of aryl methyl sites for hydroxylation is 1. The molecule has 0 saturated carbocycles. The molecule has 4 N–H and O–H groups in total. The molecule has 0 bridgehead atoms. The lowest BCUT2D eigenvalue weighted by Crippen LogP contribution is -2.24. The first-order chi connectivity index (χ1) is 17.0. The van der Waals surface area contributed by atoms with Gasteiger partial charge in [-0.3, -0.25) is 10.5 Å². The van der Waals surface area contributed by atoms with E-state index in [-0.39, 0.29) is 5.49 Å². The zero-order valence-corrected chi connectivity index (χ0v) is 19.5. The lowest BCUT2D eigenvalue weighted by Gasteiger charge is -2.16. The quantitative estimate of drug-likeness (QED) is 0.250. The van der Waals surface area contributed by atoms with Crippen LogP contribution in [-0.2, 0) is 4.74 Å². The van der Waals surface area contributed by atoms with Crippen molar-refractivity contribution >= 4 is 23.2 Å². The Labute approximate surface area is 200 Å². The number of aromatic nitrogens is 8. The molecule has 0 spiro atoms. The van der Waals surface area contributed by atoms with Gasteiger partial charge in [0, 0.05) is 37.2 Å². The smallest absolute Gasteiger partial charge is 0.157 e. The summed E-state index contributed by atoms with van der Waals surface area (Å²) < 4.78 is 12.1. The van der Waals surface area contributed by atoms with Crippen molar-refractivity contribution in [2.24, 2.45) is 0 Å². The summed E-state index contributed by atoms with van der Waals surface area (Å²) in [6, 6.07) is 8.62. The number of methoxy groups -OCH3 is 1. The van der Waals surface area contributed by atoms with E-state index in [0.29, 0.717) is 59.3 Å². The van der Waals surface area contributed by atoms with E-state index < -0.39 is 0 Å². The highest BCUT2D eigenvalue weighted by Gasteiger charge is 2.16. The van der Waals surface area contributed by atoms with Gasteiger partial charge in [-0.05, 0) is 26.0 Å². The van der Waals surface area contributed by atoms with Crippen molar-refractivity contribution in [3.8, 4) is 5.75 Å². The molecule has 0 fully saturated rings. The minimum Gasteiger partial charge on any atom is -0.489 e. The number of hydrogen-bond acceptors (Lipinski definition) is 11. The Balaban J connectivity index is 1.71. The fourth-order valence-electron chi connectivity index (χ4n) is 3.21. The second kappa shape index (κ2) is 11.0. The van der Waals surface area contributed by atoms with Crippen LogP contribution in [0.2, 0.25) is 0 Å². The van der Waals surface area contributed by atoms with Gasteiger partial charge in [-0.2, -0.15) is 15.3 Å². The Hall–Kier alpha value is -4.65. The highest BCUT2D eigenvalue weighted by Crippen LogP contribution is 2.23. The third-order valence-electron chi connectivity index (χ3n) is 4.66. The molecule has 13 heteroatoms. The number of hydrogen-bond donors (Lipinski definition) is 4. The van der Waals surface area contributed by atoms with Crippen molar-refractivity contribution in [1.29, 1.82) is 5.41 Å². The Morgan fingerprint density at radius 2 is 2.03 bits per heavy atom. The van der Waals surface area contributed by atoms with Gasteiger partial charge in [0.2, 0.25) is 0 Å². The lowest BCUT2D eigenvalue weighted by atomic mass is 10.2. The maximum Gasteiger partial charge on any atom is 0.157 e. The molecule has 0 radical (unpaired) electrons. The van der Waals surface area contributed by atoms with Gasteiger partial charge in [0.1, 0.15) is 41.0 Å². The highest BCUT2D eigenvalue weighted by atomic mass is 16.5. The largest absolute Gasteiger partial charge is 0.489 e. The number of ether oxygens (including phenoxy) is 2. The summed E-state index contributed by atoms with van der Waals surface area (Å²) >= 11 is 0. The molecule has 0 aliphatic rings. The van der Waals surface area contributed by atoms with Gasteiger partial charge >= 0.3 is 0 Å². The fourth-order valence-corrected chi connectivity index (χ4v) is 3.21. The zero-order chi connectivity index (χ0) is 24.6. The summed E-state index contributed by atoms with van der Waals surface area (Å²) in [6.07, 6.45) is 4.78. The van der Waals surface area contributed by atoms with Crippen LogP contribution in [0.25, 0.3) is 5.70 Å². The van der Waals surface area contributed by atoms with Crippen molar-refractivity contribution in [3.63, 3.8) is 0 Å². The van der Waals surface area contributed by atoms with Crippen LogP contribution in [-0.4, -0.2) is 60.5 Å². The van der Waals surface area contributed by atoms with Crippen LogP contribution >= 0.6 is 0 Å². The van der Waals surface area contributed by atoms with Crippen molar-refractivity contribution < 1.29 is 9.47 Å². The maximum atomic E-state index is 8.39. The summed E-state index contributed by atoms with van der Waals surface area (Å²) in [5.74, 6) is 2.70. The number of nitrogens with one attached hydrogen (secondary N) is 4. The first-order valence-electron chi connectivity index (χ1n) is 10.7. The van der Waals surface area contributed by atoms with Crippen LogP contribution in [0, 0.1) is 12.3 Å². The minimum atomic E-state index is 0.186. The van der Waals surface area contributed by atoms with E-state index >= 15 is 0 Å². The zero-order valence-electron chi connectivity index (χ0n) is 19.5. The van der Waals surface area contributed by atoms with E-state index in [2.05, 4.69) is 46.1 Å². The molecule has 13 nitrogen and oxygen atoms in total. The van der Waals surface area contributed by atoms with Gasteiger partial charge in [0.05, 0.1) is 24.7 Å². The number of aromatic amines is 1. The SMILES string of the molecule is COCCOc1cnnc(Nc2cc(/C(=C(/C)Nc3ccn[nH]3)n3ncccc3=N)nc(C)n2)c1. The third kappa shape index (κ3) is 6.03. The number of allylic oxidation sites excluding steroid dienone is 1. The summed E-state index contributed by atoms with van der Waals surface area (Å²) in [5.41, 5.74) is 2.00. The lowest BCUT2D eigenvalue weighted by molar-refractivity contribution is 0.146. The van der Waals surface area contributed by atoms with Crippen LogP contribution in [0.4, 0.5) is 17.5 Å². The van der Waals surface area contributed by atoms with Gasteiger partial charge in [-0.15, -0.1) is 5.10 Å². The molecule has 35 heavy (non-hydrogen) atoms. The third-order valence-corrected chi connectivity index (χ3v) is 4.66. The van der Waals surface area contributed by atoms with Gasteiger partial charge in [0.25, 0.3) is 0 Å². The monoisotopic (exact) mass is 475 g/mol. The number of H-pyrrole nitrogens is 1. The van der Waals surface area contributed by atoms with Crippen LogP contribution < -0.4 is 20.9 Å². The normalized spacial score (nSPS) is 11.6. The molecule has 4 aromatic rings. The molecule has 0 atom stereocenters. The molecule has 0 amide bonds. The molecule has 4 aromatic heterocycles. The van der Waals surface area contributed by atoms with Crippen LogP contribution in [0.5, 0.6) is 5.75 Å². The summed E-state index contributed by atoms with van der Waals surface area (Å²) in [4.78, 5) is 9.10. The van der Waals surface area contributed by atoms with Gasteiger partial charge < -0.3 is 20.1 Å². The summed E-state index contributed by atoms with van der Waals surface area (Å²) in [6.45, 7) is 4.51. The van der Waals surface area contributed by atoms with E-state index in [4.69, 9.17) is 14.9 Å². The van der Waals surface area contributed by atoms with Crippen LogP contribution in [0.15, 0.2) is 54.6 Å². The second-order valence-electron chi connectivity index (χ2n) is 7.32. The second-order valence-corrected chi connectivity index (χ2v) is 7.32. The first-order valence-corrected chi connectivity index (χ1v) is 10.7. The van der Waals surface area contributed by atoms with Crippen molar-refractivity contribution in [2.75, 3.05) is 31.0 Å². The van der Waals surface area contributed by atoms with E-state index in [1.807, 2.05) is 6.92 Å². The van der Waals surface area contributed by atoms with E-state index in [1.165, 1.54) is 10.9 Å². The molecule has 4 heterocycles. The first kappa shape index (κ1) is 23.5. The topological polar surface area (TPSA) is 164 Å². The Kier molecular flexibility index (Phi) is 7.37. The number of anilines is 3. The van der Waals surface area contributed by atoms with E-state index in [0.717, 1.165) is 0 Å². The molecular formula is C22H25N11O2. The molecule has 0 aromatic carbocycles. The molecule has 0 unspecified atom stereocenters. The average Bonchev–Trinajstić information content (AvgIpc) is 3.34. The molecule has 0 aliphatic heterocycles. The number of rotatable bonds is 10. The predicted octanol–water partition coefficient (Wildman–Crippen LogP) is 2.09. The molecule has 4 rings (SSSR count). The number of nitrogens with zero attached hydrogens (tertiary/aromatic N) is 7. The standard InChI is InChI=1S/C22H25N11O2/c1-14(27-19-6-8-24-31-19)22(33-18(23)5-4-7-26-33)17-12-20(29-15(2)28-17)30-21-11-16(13-25-32-21)35-10-9-34-3/h4-8,11-13,23H,9-10H2,1-3H3,(H2,24,27,31)(H,28,29,30,32)/b22-14+,23-18?. The minimum absolute atomic E-state index is 0.186. The van der Waals surface area contributed by atoms with Gasteiger partial charge in [-0.25, -0.2) is 14.6 Å². The van der Waals surface area contributed by atoms with Crippen LogP contribution in [0.1, 0.15) is 18.4 Å². The van der Waals surface area contributed by atoms with E-state index in [1.54, 1.807) is 56.8 Å². The van der Waals surface area contributed by atoms with Crippen molar-refractivity contribution in [2.45, 2.75) is 13.8 Å². The molecule has 0 aliphatic carbocycles. The molecule has 180 valence electrons.